The molecule has 0 saturated carbocycles. The molecule has 0 aromatic heterocycles. The van der Waals surface area contributed by atoms with Gasteiger partial charge in [0.1, 0.15) is 12.4 Å². The van der Waals surface area contributed by atoms with Gasteiger partial charge in [0.25, 0.3) is 0 Å². The minimum atomic E-state index is -0.0986. The van der Waals surface area contributed by atoms with Crippen molar-refractivity contribution in [2.24, 2.45) is 0 Å². The van der Waals surface area contributed by atoms with Crippen molar-refractivity contribution in [3.05, 3.63) is 52.1 Å². The van der Waals surface area contributed by atoms with Crippen molar-refractivity contribution in [1.82, 2.24) is 0 Å². The van der Waals surface area contributed by atoms with Crippen LogP contribution in [0.1, 0.15) is 6.92 Å². The summed E-state index contributed by atoms with van der Waals surface area (Å²) in [7, 11) is 0. The van der Waals surface area contributed by atoms with Crippen LogP contribution in [0.3, 0.4) is 0 Å². The van der Waals surface area contributed by atoms with E-state index in [1.807, 2.05) is 55.5 Å². The maximum absolute atomic E-state index is 12.0. The first-order valence-corrected chi connectivity index (χ1v) is 8.85. The number of ether oxygens (including phenoxy) is 2. The van der Waals surface area contributed by atoms with Gasteiger partial charge >= 0.3 is 0 Å². The van der Waals surface area contributed by atoms with Gasteiger partial charge in [0.05, 0.1) is 13.2 Å². The first-order valence-electron chi connectivity index (χ1n) is 7.77. The summed E-state index contributed by atoms with van der Waals surface area (Å²) in [5, 5.41) is 5.93. The Balaban J connectivity index is 1.74. The van der Waals surface area contributed by atoms with Crippen LogP contribution in [0.4, 0.5) is 11.4 Å². The average molecular weight is 440 g/mol. The van der Waals surface area contributed by atoms with Crippen molar-refractivity contribution in [3.8, 4) is 5.75 Å². The summed E-state index contributed by atoms with van der Waals surface area (Å²) in [6.45, 7) is 3.93. The van der Waals surface area contributed by atoms with Gasteiger partial charge in [0.15, 0.2) is 0 Å². The van der Waals surface area contributed by atoms with Gasteiger partial charge in [-0.25, -0.2) is 0 Å². The maximum atomic E-state index is 12.0. The van der Waals surface area contributed by atoms with E-state index in [2.05, 4.69) is 33.2 Å². The highest BCUT2D eigenvalue weighted by atomic mass is 127. The summed E-state index contributed by atoms with van der Waals surface area (Å²) in [6, 6.07) is 15.2. The van der Waals surface area contributed by atoms with Crippen LogP contribution >= 0.6 is 22.6 Å². The molecule has 2 rings (SSSR count). The zero-order valence-electron chi connectivity index (χ0n) is 13.5. The number of benzene rings is 2. The fraction of sp³-hybridized carbons (Fsp3) is 0.278. The van der Waals surface area contributed by atoms with Crippen molar-refractivity contribution in [3.63, 3.8) is 0 Å². The summed E-state index contributed by atoms with van der Waals surface area (Å²) in [5.74, 6) is 0.656. The van der Waals surface area contributed by atoms with Crippen molar-refractivity contribution < 1.29 is 14.3 Å². The lowest BCUT2D eigenvalue weighted by molar-refractivity contribution is -0.114. The third-order valence-electron chi connectivity index (χ3n) is 3.14. The molecule has 0 bridgehead atoms. The first kappa shape index (κ1) is 18.5. The van der Waals surface area contributed by atoms with Crippen molar-refractivity contribution in [2.45, 2.75) is 6.92 Å². The minimum Gasteiger partial charge on any atom is -0.491 e. The Labute approximate surface area is 155 Å². The van der Waals surface area contributed by atoms with E-state index in [4.69, 9.17) is 9.47 Å². The molecule has 6 heteroatoms. The van der Waals surface area contributed by atoms with Gasteiger partial charge in [-0.15, -0.1) is 0 Å². The standard InChI is InChI=1S/C18H21IN2O3/c1-2-23-11-12-24-17-9-7-16(8-10-17)21-18(22)13-20-15-5-3-14(19)4-6-15/h3-10,20H,2,11-13H2,1H3,(H,21,22). The number of amides is 1. The predicted molar refractivity (Wildman–Crippen MR) is 105 cm³/mol. The molecule has 128 valence electrons. The van der Waals surface area contributed by atoms with Gasteiger partial charge < -0.3 is 20.1 Å². The van der Waals surface area contributed by atoms with Crippen LogP contribution in [0, 0.1) is 3.57 Å². The van der Waals surface area contributed by atoms with Crippen molar-refractivity contribution in [1.29, 1.82) is 0 Å². The van der Waals surface area contributed by atoms with Crippen LogP contribution in [0.15, 0.2) is 48.5 Å². The van der Waals surface area contributed by atoms with Gasteiger partial charge in [0.2, 0.25) is 5.91 Å². The van der Waals surface area contributed by atoms with Crippen LogP contribution in [-0.4, -0.2) is 32.3 Å². The Morgan fingerprint density at radius 2 is 1.67 bits per heavy atom. The average Bonchev–Trinajstić information content (AvgIpc) is 2.60. The molecule has 5 nitrogen and oxygen atoms in total. The molecular weight excluding hydrogens is 419 g/mol. The van der Waals surface area contributed by atoms with Gasteiger partial charge in [-0.3, -0.25) is 4.79 Å². The summed E-state index contributed by atoms with van der Waals surface area (Å²) in [4.78, 5) is 12.0. The Kier molecular flexibility index (Phi) is 7.84. The second-order valence-corrected chi connectivity index (χ2v) is 6.22. The molecule has 0 aliphatic rings. The van der Waals surface area contributed by atoms with Gasteiger partial charge in [-0.2, -0.15) is 0 Å². The SMILES string of the molecule is CCOCCOc1ccc(NC(=O)CNc2ccc(I)cc2)cc1. The van der Waals surface area contributed by atoms with Crippen molar-refractivity contribution >= 4 is 39.9 Å². The number of rotatable bonds is 9. The Bertz CT molecular complexity index is 630. The van der Waals surface area contributed by atoms with E-state index in [9.17, 15) is 4.79 Å². The molecule has 0 saturated heterocycles. The smallest absolute Gasteiger partial charge is 0.243 e. The number of halogens is 1. The van der Waals surface area contributed by atoms with E-state index in [1.165, 1.54) is 0 Å². The fourth-order valence-electron chi connectivity index (χ4n) is 1.95. The van der Waals surface area contributed by atoms with E-state index < -0.39 is 0 Å². The second kappa shape index (κ2) is 10.1. The highest BCUT2D eigenvalue weighted by Gasteiger charge is 2.03. The lowest BCUT2D eigenvalue weighted by atomic mass is 10.3. The molecule has 0 radical (unpaired) electrons. The van der Waals surface area contributed by atoms with Crippen LogP contribution in [-0.2, 0) is 9.53 Å². The largest absolute Gasteiger partial charge is 0.491 e. The Morgan fingerprint density at radius 3 is 2.33 bits per heavy atom. The first-order chi connectivity index (χ1) is 11.7. The fourth-order valence-corrected chi connectivity index (χ4v) is 2.31. The number of carbonyl (C=O) groups is 1. The van der Waals surface area contributed by atoms with Crippen molar-refractivity contribution in [2.75, 3.05) is 37.0 Å². The van der Waals surface area contributed by atoms with E-state index in [-0.39, 0.29) is 12.5 Å². The molecule has 0 aliphatic heterocycles. The zero-order chi connectivity index (χ0) is 17.2. The minimum absolute atomic E-state index is 0.0986. The molecule has 1 amide bonds. The quantitative estimate of drug-likeness (QED) is 0.461. The van der Waals surface area contributed by atoms with Crippen LogP contribution in [0.25, 0.3) is 0 Å². The van der Waals surface area contributed by atoms with Crippen LogP contribution in [0.5, 0.6) is 5.75 Å². The maximum Gasteiger partial charge on any atom is 0.243 e. The zero-order valence-corrected chi connectivity index (χ0v) is 15.7. The highest BCUT2D eigenvalue weighted by molar-refractivity contribution is 14.1. The molecule has 0 unspecified atom stereocenters. The molecule has 0 aliphatic carbocycles. The predicted octanol–water partition coefficient (Wildman–Crippen LogP) is 3.76. The van der Waals surface area contributed by atoms with Gasteiger partial charge in [-0.05, 0) is 78.0 Å². The molecule has 0 atom stereocenters. The van der Waals surface area contributed by atoms with Gasteiger partial charge in [-0.1, -0.05) is 0 Å². The highest BCUT2D eigenvalue weighted by Crippen LogP contribution is 2.16. The second-order valence-electron chi connectivity index (χ2n) is 4.98. The van der Waals surface area contributed by atoms with E-state index in [1.54, 1.807) is 0 Å². The molecule has 0 spiro atoms. The van der Waals surface area contributed by atoms with Crippen LogP contribution in [0.2, 0.25) is 0 Å². The molecule has 2 aromatic rings. The van der Waals surface area contributed by atoms with E-state index in [0.717, 1.165) is 20.7 Å². The molecule has 0 fully saturated rings. The van der Waals surface area contributed by atoms with E-state index >= 15 is 0 Å². The normalized spacial score (nSPS) is 10.2. The third kappa shape index (κ3) is 6.76. The molecule has 2 aromatic carbocycles. The Hall–Kier alpha value is -1.80. The number of nitrogens with one attached hydrogen (secondary N) is 2. The summed E-state index contributed by atoms with van der Waals surface area (Å²) < 4.78 is 11.9. The van der Waals surface area contributed by atoms with E-state index in [0.29, 0.717) is 19.8 Å². The van der Waals surface area contributed by atoms with Gasteiger partial charge in [0, 0.05) is 21.6 Å². The molecule has 2 N–H and O–H groups in total. The number of carbonyl (C=O) groups excluding carboxylic acids is 1. The molecule has 24 heavy (non-hydrogen) atoms. The summed E-state index contributed by atoms with van der Waals surface area (Å²) in [6.07, 6.45) is 0. The lowest BCUT2D eigenvalue weighted by Crippen LogP contribution is -2.21. The monoisotopic (exact) mass is 440 g/mol. The number of anilines is 2. The molecular formula is C18H21IN2O3. The number of hydrogen-bond donors (Lipinski definition) is 2. The summed E-state index contributed by atoms with van der Waals surface area (Å²) in [5.41, 5.74) is 1.66. The van der Waals surface area contributed by atoms with Crippen LogP contribution < -0.4 is 15.4 Å². The molecule has 0 heterocycles. The third-order valence-corrected chi connectivity index (χ3v) is 3.86. The number of hydrogen-bond acceptors (Lipinski definition) is 4. The lowest BCUT2D eigenvalue weighted by Gasteiger charge is -2.09. The Morgan fingerprint density at radius 1 is 1.00 bits per heavy atom. The summed E-state index contributed by atoms with van der Waals surface area (Å²) >= 11 is 2.24. The topological polar surface area (TPSA) is 59.6 Å².